The third kappa shape index (κ3) is 3.78. The van der Waals surface area contributed by atoms with Gasteiger partial charge in [-0.1, -0.05) is 12.1 Å². The molecule has 5 nitrogen and oxygen atoms in total. The number of primary amides is 1. The minimum absolute atomic E-state index is 0.151. The summed E-state index contributed by atoms with van der Waals surface area (Å²) in [7, 11) is 0. The van der Waals surface area contributed by atoms with E-state index >= 15 is 0 Å². The Morgan fingerprint density at radius 1 is 1.30 bits per heavy atom. The molecule has 6 heteroatoms. The highest BCUT2D eigenvalue weighted by atomic mass is 32.1. The summed E-state index contributed by atoms with van der Waals surface area (Å²) in [4.78, 5) is 15.9. The van der Waals surface area contributed by atoms with Crippen molar-refractivity contribution >= 4 is 17.2 Å². The second-order valence-corrected chi connectivity index (χ2v) is 6.17. The van der Waals surface area contributed by atoms with E-state index in [-0.39, 0.29) is 18.1 Å². The van der Waals surface area contributed by atoms with Crippen LogP contribution in [0.2, 0.25) is 0 Å². The highest BCUT2D eigenvalue weighted by molar-refractivity contribution is 7.07. The fraction of sp³-hybridized carbons (Fsp3) is 0.176. The first kappa shape index (κ1) is 15.3. The SMILES string of the molecule is NC(=O)Cc1c(Cc2ccsc2)ncn1Cc1cccc(O)c1. The molecular weight excluding hydrogens is 310 g/mol. The van der Waals surface area contributed by atoms with Gasteiger partial charge in [-0.05, 0) is 40.1 Å². The van der Waals surface area contributed by atoms with Crippen LogP contribution in [0.4, 0.5) is 0 Å². The van der Waals surface area contributed by atoms with Crippen molar-refractivity contribution in [3.8, 4) is 5.75 Å². The van der Waals surface area contributed by atoms with Crippen LogP contribution in [0.5, 0.6) is 5.75 Å². The number of thiophene rings is 1. The zero-order chi connectivity index (χ0) is 16.2. The van der Waals surface area contributed by atoms with Crippen molar-refractivity contribution in [2.75, 3.05) is 0 Å². The van der Waals surface area contributed by atoms with Gasteiger partial charge in [0.05, 0.1) is 24.1 Å². The summed E-state index contributed by atoms with van der Waals surface area (Å²) < 4.78 is 1.92. The summed E-state index contributed by atoms with van der Waals surface area (Å²) in [5.41, 5.74) is 9.19. The van der Waals surface area contributed by atoms with Crippen LogP contribution in [-0.2, 0) is 24.2 Å². The molecule has 0 fully saturated rings. The van der Waals surface area contributed by atoms with Crippen molar-refractivity contribution in [1.29, 1.82) is 0 Å². The number of phenolic OH excluding ortho intramolecular Hbond substituents is 1. The molecule has 0 saturated heterocycles. The molecule has 0 spiro atoms. The predicted octanol–water partition coefficient (Wildman–Crippen LogP) is 2.32. The highest BCUT2D eigenvalue weighted by Crippen LogP contribution is 2.18. The van der Waals surface area contributed by atoms with Crippen molar-refractivity contribution in [2.24, 2.45) is 5.73 Å². The molecule has 1 aromatic carbocycles. The van der Waals surface area contributed by atoms with E-state index in [9.17, 15) is 9.90 Å². The minimum atomic E-state index is -0.380. The molecule has 0 aliphatic carbocycles. The van der Waals surface area contributed by atoms with E-state index in [1.54, 1.807) is 35.9 Å². The molecular formula is C17H17N3O2S. The number of nitrogens with zero attached hydrogens (tertiary/aromatic N) is 2. The predicted molar refractivity (Wildman–Crippen MR) is 89.5 cm³/mol. The van der Waals surface area contributed by atoms with Gasteiger partial charge in [-0.25, -0.2) is 4.98 Å². The van der Waals surface area contributed by atoms with Gasteiger partial charge < -0.3 is 15.4 Å². The van der Waals surface area contributed by atoms with Gasteiger partial charge in [-0.15, -0.1) is 0 Å². The monoisotopic (exact) mass is 327 g/mol. The Hall–Kier alpha value is -2.60. The molecule has 23 heavy (non-hydrogen) atoms. The summed E-state index contributed by atoms with van der Waals surface area (Å²) >= 11 is 1.64. The molecule has 2 aromatic heterocycles. The van der Waals surface area contributed by atoms with Crippen LogP contribution in [0.25, 0.3) is 0 Å². The Balaban J connectivity index is 1.89. The number of rotatable bonds is 6. The average molecular weight is 327 g/mol. The number of hydrogen-bond acceptors (Lipinski definition) is 4. The van der Waals surface area contributed by atoms with Gasteiger partial charge in [-0.2, -0.15) is 11.3 Å². The smallest absolute Gasteiger partial charge is 0.223 e. The molecule has 0 saturated carbocycles. The molecule has 0 unspecified atom stereocenters. The minimum Gasteiger partial charge on any atom is -0.508 e. The van der Waals surface area contributed by atoms with Crippen LogP contribution in [0.3, 0.4) is 0 Å². The van der Waals surface area contributed by atoms with Gasteiger partial charge in [0.1, 0.15) is 5.75 Å². The number of carbonyl (C=O) groups is 1. The quantitative estimate of drug-likeness (QED) is 0.729. The third-order valence-electron chi connectivity index (χ3n) is 3.59. The Kier molecular flexibility index (Phi) is 4.43. The Morgan fingerprint density at radius 2 is 2.17 bits per heavy atom. The average Bonchev–Trinajstić information content (AvgIpc) is 3.12. The molecule has 0 atom stereocenters. The fourth-order valence-electron chi connectivity index (χ4n) is 2.54. The normalized spacial score (nSPS) is 10.8. The number of aromatic hydroxyl groups is 1. The van der Waals surface area contributed by atoms with E-state index in [2.05, 4.69) is 10.4 Å². The van der Waals surface area contributed by atoms with Gasteiger partial charge in [0.15, 0.2) is 0 Å². The van der Waals surface area contributed by atoms with Crippen molar-refractivity contribution in [3.63, 3.8) is 0 Å². The number of hydrogen-bond donors (Lipinski definition) is 2. The third-order valence-corrected chi connectivity index (χ3v) is 4.32. The maximum Gasteiger partial charge on any atom is 0.223 e. The van der Waals surface area contributed by atoms with Gasteiger partial charge in [0, 0.05) is 13.0 Å². The maximum absolute atomic E-state index is 11.4. The fourth-order valence-corrected chi connectivity index (χ4v) is 3.21. The van der Waals surface area contributed by atoms with Crippen molar-refractivity contribution in [1.82, 2.24) is 9.55 Å². The molecule has 0 bridgehead atoms. The molecule has 3 N–H and O–H groups in total. The first-order chi connectivity index (χ1) is 11.1. The van der Waals surface area contributed by atoms with Gasteiger partial charge in [-0.3, -0.25) is 4.79 Å². The number of carbonyl (C=O) groups excluding carboxylic acids is 1. The van der Waals surface area contributed by atoms with Crippen LogP contribution in [0.1, 0.15) is 22.5 Å². The Bertz CT molecular complexity index is 809. The van der Waals surface area contributed by atoms with E-state index in [4.69, 9.17) is 5.73 Å². The summed E-state index contributed by atoms with van der Waals surface area (Å²) in [6.07, 6.45) is 2.56. The first-order valence-electron chi connectivity index (χ1n) is 7.22. The van der Waals surface area contributed by atoms with E-state index in [1.165, 1.54) is 5.56 Å². The van der Waals surface area contributed by atoms with Crippen molar-refractivity contribution in [2.45, 2.75) is 19.4 Å². The van der Waals surface area contributed by atoms with Crippen molar-refractivity contribution in [3.05, 3.63) is 69.9 Å². The summed E-state index contributed by atoms with van der Waals surface area (Å²) in [6.45, 7) is 0.535. The van der Waals surface area contributed by atoms with E-state index in [1.807, 2.05) is 22.1 Å². The van der Waals surface area contributed by atoms with Crippen LogP contribution in [0, 0.1) is 0 Å². The second kappa shape index (κ2) is 6.66. The summed E-state index contributed by atoms with van der Waals surface area (Å²) in [6, 6.07) is 9.09. The zero-order valence-corrected chi connectivity index (χ0v) is 13.3. The van der Waals surface area contributed by atoms with E-state index < -0.39 is 0 Å². The standard InChI is InChI=1S/C17H17N3O2S/c18-17(22)8-16-15(7-13-4-5-23-10-13)19-11-20(16)9-12-2-1-3-14(21)6-12/h1-6,10-11,21H,7-9H2,(H2,18,22). The molecule has 3 rings (SSSR count). The number of imidazole rings is 1. The van der Waals surface area contributed by atoms with Crippen LogP contribution in [-0.4, -0.2) is 20.6 Å². The lowest BCUT2D eigenvalue weighted by Crippen LogP contribution is -2.18. The molecule has 1 amide bonds. The van der Waals surface area contributed by atoms with Gasteiger partial charge in [0.2, 0.25) is 5.91 Å². The molecule has 0 radical (unpaired) electrons. The molecule has 3 aromatic rings. The molecule has 2 heterocycles. The number of phenols is 1. The largest absolute Gasteiger partial charge is 0.508 e. The summed E-state index contributed by atoms with van der Waals surface area (Å²) in [5, 5.41) is 13.7. The molecule has 0 aliphatic rings. The summed E-state index contributed by atoms with van der Waals surface area (Å²) in [5.74, 6) is -0.160. The van der Waals surface area contributed by atoms with Gasteiger partial charge >= 0.3 is 0 Å². The van der Waals surface area contributed by atoms with Crippen LogP contribution < -0.4 is 5.73 Å². The highest BCUT2D eigenvalue weighted by Gasteiger charge is 2.14. The molecule has 118 valence electrons. The molecule has 0 aliphatic heterocycles. The number of amides is 1. The first-order valence-corrected chi connectivity index (χ1v) is 8.16. The van der Waals surface area contributed by atoms with E-state index in [0.717, 1.165) is 17.0 Å². The lowest BCUT2D eigenvalue weighted by atomic mass is 10.1. The maximum atomic E-state index is 11.4. The Labute approximate surface area is 138 Å². The van der Waals surface area contributed by atoms with Crippen LogP contribution >= 0.6 is 11.3 Å². The number of aromatic nitrogens is 2. The topological polar surface area (TPSA) is 81.1 Å². The Morgan fingerprint density at radius 3 is 2.87 bits per heavy atom. The second-order valence-electron chi connectivity index (χ2n) is 5.39. The van der Waals surface area contributed by atoms with Crippen molar-refractivity contribution < 1.29 is 9.90 Å². The lowest BCUT2D eigenvalue weighted by molar-refractivity contribution is -0.117. The van der Waals surface area contributed by atoms with Gasteiger partial charge in [0.25, 0.3) is 0 Å². The number of benzene rings is 1. The zero-order valence-electron chi connectivity index (χ0n) is 12.5. The number of nitrogens with two attached hydrogens (primary N) is 1. The lowest BCUT2D eigenvalue weighted by Gasteiger charge is -2.09. The van der Waals surface area contributed by atoms with Crippen LogP contribution in [0.15, 0.2) is 47.4 Å². The van der Waals surface area contributed by atoms with E-state index in [0.29, 0.717) is 13.0 Å².